The van der Waals surface area contributed by atoms with Gasteiger partial charge in [0.15, 0.2) is 0 Å². The molecule has 0 aliphatic heterocycles. The number of para-hydroxylation sites is 1. The van der Waals surface area contributed by atoms with Crippen LogP contribution in [-0.4, -0.2) is 9.78 Å². The van der Waals surface area contributed by atoms with Crippen LogP contribution in [0, 0.1) is 0 Å². The van der Waals surface area contributed by atoms with Gasteiger partial charge in [0, 0.05) is 11.3 Å². The molecule has 2 aromatic rings. The van der Waals surface area contributed by atoms with Gasteiger partial charge in [0.25, 0.3) is 5.56 Å². The van der Waals surface area contributed by atoms with E-state index in [0.29, 0.717) is 5.92 Å². The summed E-state index contributed by atoms with van der Waals surface area (Å²) in [7, 11) is 0. The predicted octanol–water partition coefficient (Wildman–Crippen LogP) is 3.63. The summed E-state index contributed by atoms with van der Waals surface area (Å²) < 4.78 is 1.67. The van der Waals surface area contributed by atoms with Gasteiger partial charge in [0.1, 0.15) is 0 Å². The Hall–Kier alpha value is -1.77. The molecule has 0 saturated heterocycles. The topological polar surface area (TPSA) is 37.8 Å². The second-order valence-corrected chi connectivity index (χ2v) is 5.24. The monoisotopic (exact) mass is 258 g/mol. The summed E-state index contributed by atoms with van der Waals surface area (Å²) in [4.78, 5) is 12.5. The largest absolute Gasteiger partial charge is 0.294 e. The fraction of sp³-hybridized carbons (Fsp3) is 0.438. The molecule has 0 spiro atoms. The SMILES string of the molecule is CCCCc1c(C(C)C)[nH]n(-c2ccccc2)c1=O. The zero-order valence-electron chi connectivity index (χ0n) is 11.9. The minimum absolute atomic E-state index is 0.100. The van der Waals surface area contributed by atoms with Crippen molar-refractivity contribution in [3.05, 3.63) is 51.9 Å². The highest BCUT2D eigenvalue weighted by Gasteiger charge is 2.16. The molecule has 1 aromatic heterocycles. The van der Waals surface area contributed by atoms with Crippen molar-refractivity contribution < 1.29 is 0 Å². The van der Waals surface area contributed by atoms with Crippen LogP contribution in [0.3, 0.4) is 0 Å². The molecule has 3 heteroatoms. The smallest absolute Gasteiger partial charge is 0.274 e. The molecular formula is C16H22N2O. The molecule has 0 amide bonds. The molecule has 1 aromatic carbocycles. The molecule has 2 rings (SSSR count). The van der Waals surface area contributed by atoms with Gasteiger partial charge in [-0.3, -0.25) is 9.89 Å². The van der Waals surface area contributed by atoms with E-state index in [0.717, 1.165) is 36.2 Å². The lowest BCUT2D eigenvalue weighted by atomic mass is 10.0. The van der Waals surface area contributed by atoms with Crippen LogP contribution in [-0.2, 0) is 6.42 Å². The lowest BCUT2D eigenvalue weighted by molar-refractivity contribution is 0.744. The highest BCUT2D eigenvalue weighted by atomic mass is 16.1. The third-order valence-corrected chi connectivity index (χ3v) is 3.39. The predicted molar refractivity (Wildman–Crippen MR) is 79.1 cm³/mol. The highest BCUT2D eigenvalue weighted by Crippen LogP contribution is 2.18. The van der Waals surface area contributed by atoms with E-state index < -0.39 is 0 Å². The van der Waals surface area contributed by atoms with Gasteiger partial charge in [-0.25, -0.2) is 4.68 Å². The third kappa shape index (κ3) is 2.80. The Labute approximate surface area is 114 Å². The van der Waals surface area contributed by atoms with Gasteiger partial charge >= 0.3 is 0 Å². The van der Waals surface area contributed by atoms with Crippen molar-refractivity contribution in [1.29, 1.82) is 0 Å². The van der Waals surface area contributed by atoms with E-state index in [1.807, 2.05) is 30.3 Å². The summed E-state index contributed by atoms with van der Waals surface area (Å²) in [6.45, 7) is 6.39. The van der Waals surface area contributed by atoms with E-state index in [1.54, 1.807) is 4.68 Å². The Balaban J connectivity index is 2.49. The van der Waals surface area contributed by atoms with Crippen molar-refractivity contribution in [2.45, 2.75) is 46.0 Å². The van der Waals surface area contributed by atoms with E-state index in [1.165, 1.54) is 0 Å². The maximum absolute atomic E-state index is 12.5. The number of benzene rings is 1. The number of H-pyrrole nitrogens is 1. The number of aromatic nitrogens is 2. The average Bonchev–Trinajstić information content (AvgIpc) is 2.75. The Bertz CT molecular complexity index is 579. The molecule has 0 aliphatic rings. The minimum Gasteiger partial charge on any atom is -0.294 e. The van der Waals surface area contributed by atoms with E-state index in [4.69, 9.17) is 0 Å². The minimum atomic E-state index is 0.100. The molecule has 0 atom stereocenters. The van der Waals surface area contributed by atoms with Crippen LogP contribution in [0.5, 0.6) is 0 Å². The summed E-state index contributed by atoms with van der Waals surface area (Å²) >= 11 is 0. The van der Waals surface area contributed by atoms with Gasteiger partial charge in [-0.1, -0.05) is 45.4 Å². The maximum Gasteiger partial charge on any atom is 0.274 e. The van der Waals surface area contributed by atoms with Gasteiger partial charge in [0.2, 0.25) is 0 Å². The van der Waals surface area contributed by atoms with Gasteiger partial charge in [0.05, 0.1) is 5.69 Å². The van der Waals surface area contributed by atoms with E-state index in [9.17, 15) is 4.79 Å². The van der Waals surface area contributed by atoms with Crippen LogP contribution < -0.4 is 5.56 Å². The summed E-state index contributed by atoms with van der Waals surface area (Å²) in [6, 6.07) is 9.75. The lowest BCUT2D eigenvalue weighted by Crippen LogP contribution is -2.17. The van der Waals surface area contributed by atoms with Crippen LogP contribution in [0.25, 0.3) is 5.69 Å². The lowest BCUT2D eigenvalue weighted by Gasteiger charge is -2.05. The maximum atomic E-state index is 12.5. The molecule has 0 aliphatic carbocycles. The molecular weight excluding hydrogens is 236 g/mol. The summed E-state index contributed by atoms with van der Waals surface area (Å²) in [5, 5.41) is 3.28. The van der Waals surface area contributed by atoms with Crippen molar-refractivity contribution in [3.8, 4) is 5.69 Å². The second kappa shape index (κ2) is 5.91. The molecule has 1 N–H and O–H groups in total. The highest BCUT2D eigenvalue weighted by molar-refractivity contribution is 5.33. The number of unbranched alkanes of at least 4 members (excludes halogenated alkanes) is 1. The van der Waals surface area contributed by atoms with Gasteiger partial charge < -0.3 is 0 Å². The first-order valence-electron chi connectivity index (χ1n) is 7.04. The van der Waals surface area contributed by atoms with Crippen LogP contribution in [0.2, 0.25) is 0 Å². The van der Waals surface area contributed by atoms with Crippen LogP contribution in [0.15, 0.2) is 35.1 Å². The van der Waals surface area contributed by atoms with Crippen molar-refractivity contribution in [1.82, 2.24) is 9.78 Å². The molecule has 0 saturated carbocycles. The van der Waals surface area contributed by atoms with Crippen LogP contribution >= 0.6 is 0 Å². The molecule has 0 radical (unpaired) electrons. The molecule has 19 heavy (non-hydrogen) atoms. The first kappa shape index (κ1) is 13.7. The number of hydrogen-bond acceptors (Lipinski definition) is 1. The molecule has 102 valence electrons. The Morgan fingerprint density at radius 1 is 1.21 bits per heavy atom. The van der Waals surface area contributed by atoms with Crippen LogP contribution in [0.4, 0.5) is 0 Å². The number of aromatic amines is 1. The Kier molecular flexibility index (Phi) is 4.25. The number of nitrogens with zero attached hydrogens (tertiary/aromatic N) is 1. The number of rotatable bonds is 5. The summed E-state index contributed by atoms with van der Waals surface area (Å²) in [5.41, 5.74) is 3.02. The second-order valence-electron chi connectivity index (χ2n) is 5.24. The van der Waals surface area contributed by atoms with E-state index in [2.05, 4.69) is 25.9 Å². The standard InChI is InChI=1S/C16H22N2O/c1-4-5-11-14-15(12(2)3)17-18(16(14)19)13-9-7-6-8-10-13/h6-10,12,17H,4-5,11H2,1-3H3. The average molecular weight is 258 g/mol. The molecule has 0 fully saturated rings. The molecule has 0 bridgehead atoms. The number of hydrogen-bond donors (Lipinski definition) is 1. The molecule has 3 nitrogen and oxygen atoms in total. The quantitative estimate of drug-likeness (QED) is 0.873. The van der Waals surface area contributed by atoms with Crippen LogP contribution in [0.1, 0.15) is 50.8 Å². The van der Waals surface area contributed by atoms with Crippen molar-refractivity contribution >= 4 is 0 Å². The third-order valence-electron chi connectivity index (χ3n) is 3.39. The fourth-order valence-electron chi connectivity index (χ4n) is 2.32. The first-order chi connectivity index (χ1) is 9.15. The summed E-state index contributed by atoms with van der Waals surface area (Å²) in [5.74, 6) is 0.338. The molecule has 0 unspecified atom stereocenters. The summed E-state index contributed by atoms with van der Waals surface area (Å²) in [6.07, 6.45) is 3.02. The normalized spacial score (nSPS) is 11.2. The Morgan fingerprint density at radius 3 is 2.47 bits per heavy atom. The number of nitrogens with one attached hydrogen (secondary N) is 1. The van der Waals surface area contributed by atoms with Crippen molar-refractivity contribution in [3.63, 3.8) is 0 Å². The van der Waals surface area contributed by atoms with Gasteiger partial charge in [-0.2, -0.15) is 0 Å². The fourth-order valence-corrected chi connectivity index (χ4v) is 2.32. The first-order valence-corrected chi connectivity index (χ1v) is 7.04. The van der Waals surface area contributed by atoms with Crippen molar-refractivity contribution in [2.75, 3.05) is 0 Å². The van der Waals surface area contributed by atoms with Crippen molar-refractivity contribution in [2.24, 2.45) is 0 Å². The zero-order valence-corrected chi connectivity index (χ0v) is 11.9. The van der Waals surface area contributed by atoms with E-state index in [-0.39, 0.29) is 5.56 Å². The van der Waals surface area contributed by atoms with E-state index >= 15 is 0 Å². The zero-order chi connectivity index (χ0) is 13.8. The molecule has 1 heterocycles. The van der Waals surface area contributed by atoms with Gasteiger partial charge in [-0.05, 0) is 30.9 Å². The Morgan fingerprint density at radius 2 is 1.89 bits per heavy atom. The van der Waals surface area contributed by atoms with Gasteiger partial charge in [-0.15, -0.1) is 0 Å².